The fourth-order valence-corrected chi connectivity index (χ4v) is 3.24. The summed E-state index contributed by atoms with van der Waals surface area (Å²) in [5.41, 5.74) is 0.784. The van der Waals surface area contributed by atoms with Crippen molar-refractivity contribution in [2.75, 3.05) is 21.3 Å². The van der Waals surface area contributed by atoms with Crippen LogP contribution in [-0.2, 0) is 19.9 Å². The van der Waals surface area contributed by atoms with Crippen molar-refractivity contribution >= 4 is 8.80 Å². The van der Waals surface area contributed by atoms with E-state index in [2.05, 4.69) is 6.58 Å². The number of methoxy groups -OCH3 is 1. The Bertz CT molecular complexity index is 417. The highest BCUT2D eigenvalue weighted by molar-refractivity contribution is 6.61. The van der Waals surface area contributed by atoms with Crippen molar-refractivity contribution in [1.29, 1.82) is 0 Å². The number of hydrogen-bond donors (Lipinski definition) is 1. The first kappa shape index (κ1) is 15.7. The van der Waals surface area contributed by atoms with Gasteiger partial charge in [-0.15, -0.1) is 6.58 Å². The molecular formula is C13H20O5Si. The molecule has 1 aromatic rings. The number of aromatic hydroxyl groups is 1. The molecule has 0 unspecified atom stereocenters. The minimum atomic E-state index is -2.71. The SMILES string of the molecule is C=CC[Si](OC)(OC)OCc1cc(O)cc(OC)c1. The average Bonchev–Trinajstić information content (AvgIpc) is 2.43. The van der Waals surface area contributed by atoms with Crippen LogP contribution in [0.1, 0.15) is 5.56 Å². The lowest BCUT2D eigenvalue weighted by atomic mass is 10.2. The number of phenolic OH excluding ortho intramolecular Hbond substituents is 1. The molecule has 0 spiro atoms. The second-order valence-corrected chi connectivity index (χ2v) is 6.79. The monoisotopic (exact) mass is 284 g/mol. The molecule has 0 fully saturated rings. The summed E-state index contributed by atoms with van der Waals surface area (Å²) in [6.07, 6.45) is 1.71. The molecule has 0 aliphatic rings. The van der Waals surface area contributed by atoms with Crippen molar-refractivity contribution in [3.8, 4) is 11.5 Å². The molecule has 0 saturated carbocycles. The van der Waals surface area contributed by atoms with Crippen molar-refractivity contribution in [2.24, 2.45) is 0 Å². The molecule has 0 aliphatic carbocycles. The first-order chi connectivity index (χ1) is 9.09. The Labute approximate surface area is 114 Å². The molecule has 0 atom stereocenters. The van der Waals surface area contributed by atoms with Gasteiger partial charge in [0.05, 0.1) is 13.7 Å². The van der Waals surface area contributed by atoms with Gasteiger partial charge in [-0.05, 0) is 17.7 Å². The number of hydrogen-bond acceptors (Lipinski definition) is 5. The Morgan fingerprint density at radius 2 is 1.89 bits per heavy atom. The molecule has 106 valence electrons. The van der Waals surface area contributed by atoms with E-state index in [1.807, 2.05) is 0 Å². The van der Waals surface area contributed by atoms with Gasteiger partial charge in [-0.1, -0.05) is 6.08 Å². The van der Waals surface area contributed by atoms with Crippen LogP contribution < -0.4 is 4.74 Å². The van der Waals surface area contributed by atoms with Crippen LogP contribution in [0.5, 0.6) is 11.5 Å². The van der Waals surface area contributed by atoms with Crippen LogP contribution in [0.25, 0.3) is 0 Å². The molecular weight excluding hydrogens is 264 g/mol. The van der Waals surface area contributed by atoms with Gasteiger partial charge in [0.2, 0.25) is 0 Å². The van der Waals surface area contributed by atoms with Crippen LogP contribution in [0.4, 0.5) is 0 Å². The minimum Gasteiger partial charge on any atom is -0.508 e. The van der Waals surface area contributed by atoms with Crippen molar-refractivity contribution < 1.29 is 23.1 Å². The van der Waals surface area contributed by atoms with Crippen molar-refractivity contribution in [3.05, 3.63) is 36.4 Å². The quantitative estimate of drug-likeness (QED) is 0.586. The highest BCUT2D eigenvalue weighted by Gasteiger charge is 2.37. The van der Waals surface area contributed by atoms with E-state index in [1.54, 1.807) is 39.5 Å². The zero-order valence-electron chi connectivity index (χ0n) is 11.5. The second kappa shape index (κ2) is 7.30. The smallest absolute Gasteiger partial charge is 0.504 e. The lowest BCUT2D eigenvalue weighted by molar-refractivity contribution is 0.0943. The second-order valence-electron chi connectivity index (χ2n) is 3.91. The molecule has 1 aromatic carbocycles. The minimum absolute atomic E-state index is 0.128. The average molecular weight is 284 g/mol. The van der Waals surface area contributed by atoms with Crippen LogP contribution >= 0.6 is 0 Å². The lowest BCUT2D eigenvalue weighted by Gasteiger charge is -2.25. The first-order valence-corrected chi connectivity index (χ1v) is 7.74. The molecule has 0 aliphatic heterocycles. The third-order valence-corrected chi connectivity index (χ3v) is 5.28. The van der Waals surface area contributed by atoms with Gasteiger partial charge >= 0.3 is 8.80 Å². The third kappa shape index (κ3) is 4.36. The lowest BCUT2D eigenvalue weighted by Crippen LogP contribution is -2.43. The van der Waals surface area contributed by atoms with Crippen LogP contribution in [0.3, 0.4) is 0 Å². The fraction of sp³-hybridized carbons (Fsp3) is 0.385. The van der Waals surface area contributed by atoms with Gasteiger partial charge in [-0.3, -0.25) is 0 Å². The van der Waals surface area contributed by atoms with Crippen LogP contribution in [0.15, 0.2) is 30.9 Å². The molecule has 1 N–H and O–H groups in total. The summed E-state index contributed by atoms with van der Waals surface area (Å²) < 4.78 is 21.6. The Hall–Kier alpha value is -1.34. The topological polar surface area (TPSA) is 57.2 Å². The van der Waals surface area contributed by atoms with E-state index in [4.69, 9.17) is 18.0 Å². The summed E-state index contributed by atoms with van der Waals surface area (Å²) in [6, 6.07) is 5.46. The maximum absolute atomic E-state index is 9.57. The third-order valence-electron chi connectivity index (χ3n) is 2.66. The summed E-state index contributed by atoms with van der Waals surface area (Å²) in [4.78, 5) is 0. The standard InChI is InChI=1S/C13H20O5Si/c1-5-6-19(16-3,17-4)18-10-11-7-12(14)9-13(8-11)15-2/h5,7-9,14H,1,6,10H2,2-4H3. The van der Waals surface area contributed by atoms with E-state index in [-0.39, 0.29) is 12.4 Å². The number of rotatable bonds is 8. The Morgan fingerprint density at radius 3 is 2.42 bits per heavy atom. The van der Waals surface area contributed by atoms with E-state index in [1.165, 1.54) is 6.07 Å². The van der Waals surface area contributed by atoms with Crippen LogP contribution in [0.2, 0.25) is 6.04 Å². The van der Waals surface area contributed by atoms with Gasteiger partial charge in [0.1, 0.15) is 11.5 Å². The molecule has 0 radical (unpaired) electrons. The predicted molar refractivity (Wildman–Crippen MR) is 74.2 cm³/mol. The van der Waals surface area contributed by atoms with Gasteiger partial charge in [-0.25, -0.2) is 0 Å². The highest BCUT2D eigenvalue weighted by Crippen LogP contribution is 2.24. The largest absolute Gasteiger partial charge is 0.508 e. The normalized spacial score (nSPS) is 11.3. The summed E-state index contributed by atoms with van der Waals surface area (Å²) in [6.45, 7) is 3.94. The highest BCUT2D eigenvalue weighted by atomic mass is 28.4. The van der Waals surface area contributed by atoms with Gasteiger partial charge < -0.3 is 23.1 Å². The Balaban J connectivity index is 2.78. The summed E-state index contributed by atoms with van der Waals surface area (Å²) >= 11 is 0. The maximum Gasteiger partial charge on any atom is 0.504 e. The Morgan fingerprint density at radius 1 is 1.21 bits per heavy atom. The van der Waals surface area contributed by atoms with E-state index in [0.717, 1.165) is 5.56 Å². The number of allylic oxidation sites excluding steroid dienone is 1. The first-order valence-electron chi connectivity index (χ1n) is 5.81. The Kier molecular flexibility index (Phi) is 6.03. The number of phenols is 1. The van der Waals surface area contributed by atoms with Gasteiger partial charge in [-0.2, -0.15) is 0 Å². The van der Waals surface area contributed by atoms with Crippen molar-refractivity contribution in [2.45, 2.75) is 12.7 Å². The van der Waals surface area contributed by atoms with Crippen LogP contribution in [-0.4, -0.2) is 35.2 Å². The molecule has 0 aromatic heterocycles. The fourth-order valence-electron chi connectivity index (χ4n) is 1.64. The molecule has 1 rings (SSSR count). The predicted octanol–water partition coefficient (Wildman–Crippen LogP) is 2.34. The van der Waals surface area contributed by atoms with Gasteiger partial charge in [0.25, 0.3) is 0 Å². The van der Waals surface area contributed by atoms with Crippen LogP contribution in [0, 0.1) is 0 Å². The zero-order chi connectivity index (χ0) is 14.3. The molecule has 6 heteroatoms. The summed E-state index contributed by atoms with van der Waals surface area (Å²) in [5.74, 6) is 0.702. The molecule has 0 heterocycles. The van der Waals surface area contributed by atoms with E-state index in [9.17, 15) is 5.11 Å². The van der Waals surface area contributed by atoms with Gasteiger partial charge in [0.15, 0.2) is 0 Å². The molecule has 0 bridgehead atoms. The molecule has 0 amide bonds. The summed E-state index contributed by atoms with van der Waals surface area (Å²) in [5, 5.41) is 9.57. The van der Waals surface area contributed by atoms with Crippen molar-refractivity contribution in [1.82, 2.24) is 0 Å². The van der Waals surface area contributed by atoms with Gasteiger partial charge in [0, 0.05) is 26.3 Å². The maximum atomic E-state index is 9.57. The van der Waals surface area contributed by atoms with Crippen molar-refractivity contribution in [3.63, 3.8) is 0 Å². The molecule has 0 saturated heterocycles. The number of ether oxygens (including phenoxy) is 1. The zero-order valence-corrected chi connectivity index (χ0v) is 12.5. The van der Waals surface area contributed by atoms with E-state index < -0.39 is 8.80 Å². The van der Waals surface area contributed by atoms with E-state index >= 15 is 0 Å². The van der Waals surface area contributed by atoms with E-state index in [0.29, 0.717) is 11.8 Å². The summed E-state index contributed by atoms with van der Waals surface area (Å²) in [7, 11) is 1.95. The molecule has 19 heavy (non-hydrogen) atoms. The molecule has 5 nitrogen and oxygen atoms in total. The number of benzene rings is 1.